The van der Waals surface area contributed by atoms with Gasteiger partial charge >= 0.3 is 17.9 Å². The van der Waals surface area contributed by atoms with Gasteiger partial charge in [0.15, 0.2) is 6.10 Å². The summed E-state index contributed by atoms with van der Waals surface area (Å²) in [5.74, 6) is -0.867. The molecule has 6 nitrogen and oxygen atoms in total. The number of ether oxygens (including phenoxy) is 3. The van der Waals surface area contributed by atoms with E-state index in [1.165, 1.54) is 161 Å². The van der Waals surface area contributed by atoms with Gasteiger partial charge in [-0.2, -0.15) is 0 Å². The van der Waals surface area contributed by atoms with E-state index >= 15 is 0 Å². The highest BCUT2D eigenvalue weighted by Crippen LogP contribution is 2.15. The van der Waals surface area contributed by atoms with Crippen molar-refractivity contribution in [3.8, 4) is 0 Å². The summed E-state index contributed by atoms with van der Waals surface area (Å²) in [7, 11) is 0. The summed E-state index contributed by atoms with van der Waals surface area (Å²) in [4.78, 5) is 37.6. The highest BCUT2D eigenvalue weighted by Gasteiger charge is 2.19. The van der Waals surface area contributed by atoms with Crippen LogP contribution in [0.25, 0.3) is 0 Å². The van der Waals surface area contributed by atoms with Crippen LogP contribution in [-0.4, -0.2) is 37.2 Å². The Hall–Kier alpha value is -1.85. The molecule has 0 rings (SSSR count). The number of esters is 3. The minimum atomic E-state index is -0.761. The van der Waals surface area contributed by atoms with E-state index in [-0.39, 0.29) is 31.1 Å². The van der Waals surface area contributed by atoms with Crippen LogP contribution >= 0.6 is 0 Å². The largest absolute Gasteiger partial charge is 0.462 e. The molecular weight excluding hydrogens is 673 g/mol. The highest BCUT2D eigenvalue weighted by atomic mass is 16.6. The molecular formula is C48H90O6. The first-order chi connectivity index (χ1) is 26.5. The third-order valence-electron chi connectivity index (χ3n) is 10.5. The van der Waals surface area contributed by atoms with Crippen LogP contribution in [0.15, 0.2) is 12.2 Å². The molecule has 54 heavy (non-hydrogen) atoms. The lowest BCUT2D eigenvalue weighted by atomic mass is 10.1. The quantitative estimate of drug-likeness (QED) is 0.0266. The minimum Gasteiger partial charge on any atom is -0.462 e. The summed E-state index contributed by atoms with van der Waals surface area (Å²) < 4.78 is 16.7. The number of carbonyl (C=O) groups excluding carboxylic acids is 3. The topological polar surface area (TPSA) is 78.9 Å². The number of unbranched alkanes of at least 4 members (excludes halogenated alkanes) is 30. The maximum atomic E-state index is 12.6. The molecule has 0 aromatic heterocycles. The molecule has 0 fully saturated rings. The first-order valence-corrected chi connectivity index (χ1v) is 23.7. The fourth-order valence-corrected chi connectivity index (χ4v) is 6.91. The van der Waals surface area contributed by atoms with Crippen molar-refractivity contribution in [2.24, 2.45) is 0 Å². The molecule has 0 aromatic carbocycles. The van der Waals surface area contributed by atoms with Crippen LogP contribution in [0.2, 0.25) is 0 Å². The maximum absolute atomic E-state index is 12.6. The third-order valence-corrected chi connectivity index (χ3v) is 10.5. The van der Waals surface area contributed by atoms with Crippen molar-refractivity contribution in [2.45, 2.75) is 264 Å². The van der Waals surface area contributed by atoms with Gasteiger partial charge in [0.1, 0.15) is 13.2 Å². The Morgan fingerprint density at radius 2 is 0.611 bits per heavy atom. The lowest BCUT2D eigenvalue weighted by Crippen LogP contribution is -2.30. The van der Waals surface area contributed by atoms with Gasteiger partial charge in [-0.1, -0.05) is 206 Å². The van der Waals surface area contributed by atoms with Gasteiger partial charge in [-0.05, 0) is 44.9 Å². The molecule has 0 spiro atoms. The molecule has 0 heterocycles. The minimum absolute atomic E-state index is 0.0669. The Labute approximate surface area is 335 Å². The average molecular weight is 763 g/mol. The SMILES string of the molecule is CCCCCCCC/C=C\CCCCCCCCCCCC(=O)OCC(COC(=O)CCCCCCCCCC)OC(=O)CCCCCCCCCCC. The van der Waals surface area contributed by atoms with E-state index < -0.39 is 6.10 Å². The summed E-state index contributed by atoms with van der Waals surface area (Å²) in [5, 5.41) is 0. The number of allylic oxidation sites excluding steroid dienone is 2. The van der Waals surface area contributed by atoms with E-state index in [2.05, 4.69) is 32.9 Å². The lowest BCUT2D eigenvalue weighted by Gasteiger charge is -2.18. The second kappa shape index (κ2) is 43.9. The number of hydrogen-bond donors (Lipinski definition) is 0. The van der Waals surface area contributed by atoms with E-state index in [1.54, 1.807) is 0 Å². The van der Waals surface area contributed by atoms with Crippen molar-refractivity contribution in [2.75, 3.05) is 13.2 Å². The molecule has 0 aromatic rings. The van der Waals surface area contributed by atoms with Gasteiger partial charge in [0.05, 0.1) is 0 Å². The van der Waals surface area contributed by atoms with Gasteiger partial charge in [-0.15, -0.1) is 0 Å². The van der Waals surface area contributed by atoms with Crippen LogP contribution in [0.3, 0.4) is 0 Å². The van der Waals surface area contributed by atoms with Crippen molar-refractivity contribution in [3.05, 3.63) is 12.2 Å². The molecule has 1 atom stereocenters. The highest BCUT2D eigenvalue weighted by molar-refractivity contribution is 5.71. The fraction of sp³-hybridized carbons (Fsp3) is 0.896. The zero-order valence-corrected chi connectivity index (χ0v) is 36.3. The molecule has 0 amide bonds. The fourth-order valence-electron chi connectivity index (χ4n) is 6.91. The standard InChI is InChI=1S/C48H90O6/c1-4-7-10-13-16-19-20-21-22-23-24-25-26-27-28-30-32-35-38-41-47(50)53-44-45(43-52-46(49)40-37-34-31-18-15-12-9-6-3)54-48(51)42-39-36-33-29-17-14-11-8-5-2/h21-22,45H,4-20,23-44H2,1-3H3/b22-21-. The maximum Gasteiger partial charge on any atom is 0.306 e. The molecule has 0 aliphatic rings. The number of rotatable bonds is 43. The van der Waals surface area contributed by atoms with Crippen LogP contribution in [0, 0.1) is 0 Å². The van der Waals surface area contributed by atoms with Crippen LogP contribution in [0.4, 0.5) is 0 Å². The first kappa shape index (κ1) is 52.2. The van der Waals surface area contributed by atoms with Gasteiger partial charge < -0.3 is 14.2 Å². The van der Waals surface area contributed by atoms with Gasteiger partial charge in [0.25, 0.3) is 0 Å². The van der Waals surface area contributed by atoms with Gasteiger partial charge in [0.2, 0.25) is 0 Å². The first-order valence-electron chi connectivity index (χ1n) is 23.7. The third kappa shape index (κ3) is 41.3. The molecule has 0 radical (unpaired) electrons. The van der Waals surface area contributed by atoms with Crippen LogP contribution in [0.1, 0.15) is 258 Å². The van der Waals surface area contributed by atoms with Gasteiger partial charge in [-0.3, -0.25) is 14.4 Å². The Balaban J connectivity index is 4.18. The smallest absolute Gasteiger partial charge is 0.306 e. The van der Waals surface area contributed by atoms with Crippen molar-refractivity contribution >= 4 is 17.9 Å². The van der Waals surface area contributed by atoms with Crippen molar-refractivity contribution in [1.82, 2.24) is 0 Å². The van der Waals surface area contributed by atoms with Crippen LogP contribution < -0.4 is 0 Å². The normalized spacial score (nSPS) is 12.0. The summed E-state index contributed by atoms with van der Waals surface area (Å²) in [6.45, 7) is 6.60. The zero-order valence-electron chi connectivity index (χ0n) is 36.3. The molecule has 0 N–H and O–H groups in total. The summed E-state index contributed by atoms with van der Waals surface area (Å²) in [6.07, 6.45) is 46.4. The average Bonchev–Trinajstić information content (AvgIpc) is 3.17. The monoisotopic (exact) mass is 763 g/mol. The van der Waals surface area contributed by atoms with E-state index in [4.69, 9.17) is 14.2 Å². The Bertz CT molecular complexity index is 839. The molecule has 0 bridgehead atoms. The number of hydrogen-bond acceptors (Lipinski definition) is 6. The second-order valence-corrected chi connectivity index (χ2v) is 16.0. The Morgan fingerprint density at radius 1 is 0.352 bits per heavy atom. The molecule has 0 aliphatic heterocycles. The summed E-state index contributed by atoms with van der Waals surface area (Å²) in [6, 6.07) is 0. The molecule has 0 aliphatic carbocycles. The van der Waals surface area contributed by atoms with E-state index in [9.17, 15) is 14.4 Å². The van der Waals surface area contributed by atoms with Gasteiger partial charge in [-0.25, -0.2) is 0 Å². The molecule has 0 saturated heterocycles. The molecule has 6 heteroatoms. The summed E-state index contributed by atoms with van der Waals surface area (Å²) >= 11 is 0. The molecule has 1 unspecified atom stereocenters. The van der Waals surface area contributed by atoms with Crippen LogP contribution in [0.5, 0.6) is 0 Å². The van der Waals surface area contributed by atoms with E-state index in [1.807, 2.05) is 0 Å². The van der Waals surface area contributed by atoms with Crippen LogP contribution in [-0.2, 0) is 28.6 Å². The predicted octanol–water partition coefficient (Wildman–Crippen LogP) is 15.0. The van der Waals surface area contributed by atoms with Crippen molar-refractivity contribution in [3.63, 3.8) is 0 Å². The van der Waals surface area contributed by atoms with Gasteiger partial charge in [0, 0.05) is 19.3 Å². The number of carbonyl (C=O) groups is 3. The molecule has 318 valence electrons. The lowest BCUT2D eigenvalue weighted by molar-refractivity contribution is -0.167. The van der Waals surface area contributed by atoms with Crippen molar-refractivity contribution in [1.29, 1.82) is 0 Å². The Kier molecular flexibility index (Phi) is 42.4. The van der Waals surface area contributed by atoms with E-state index in [0.717, 1.165) is 57.8 Å². The second-order valence-electron chi connectivity index (χ2n) is 16.0. The molecule has 0 saturated carbocycles. The van der Waals surface area contributed by atoms with E-state index in [0.29, 0.717) is 19.3 Å². The summed E-state index contributed by atoms with van der Waals surface area (Å²) in [5.41, 5.74) is 0. The predicted molar refractivity (Wildman–Crippen MR) is 229 cm³/mol. The zero-order chi connectivity index (χ0) is 39.4. The Morgan fingerprint density at radius 3 is 0.926 bits per heavy atom. The van der Waals surface area contributed by atoms with Crippen molar-refractivity contribution < 1.29 is 28.6 Å².